The van der Waals surface area contributed by atoms with Crippen LogP contribution < -0.4 is 9.62 Å². The molecule has 0 saturated heterocycles. The first-order valence-corrected chi connectivity index (χ1v) is 12.9. The van der Waals surface area contributed by atoms with Gasteiger partial charge in [0.25, 0.3) is 0 Å². The summed E-state index contributed by atoms with van der Waals surface area (Å²) >= 11 is 13.5. The van der Waals surface area contributed by atoms with Crippen molar-refractivity contribution in [2.24, 2.45) is 0 Å². The highest BCUT2D eigenvalue weighted by atomic mass is 35.5. The van der Waals surface area contributed by atoms with Gasteiger partial charge in [0.2, 0.25) is 15.9 Å². The highest BCUT2D eigenvalue weighted by molar-refractivity contribution is 7.98. The Balaban J connectivity index is 1.71. The third-order valence-corrected chi connectivity index (χ3v) is 7.06. The number of nitrogens with one attached hydrogen (secondary N) is 1. The zero-order valence-electron chi connectivity index (χ0n) is 16.4. The Morgan fingerprint density at radius 3 is 2.57 bits per heavy atom. The molecule has 0 aromatic heterocycles. The molecule has 1 amide bonds. The summed E-state index contributed by atoms with van der Waals surface area (Å²) in [5.41, 5.74) is 1.04. The largest absolute Gasteiger partial charge is 0.355 e. The molecular weight excluding hydrogens is 470 g/mol. The van der Waals surface area contributed by atoms with Crippen LogP contribution in [0.1, 0.15) is 18.4 Å². The molecule has 0 unspecified atom stereocenters. The van der Waals surface area contributed by atoms with Crippen molar-refractivity contribution in [3.8, 4) is 0 Å². The summed E-state index contributed by atoms with van der Waals surface area (Å²) in [5.74, 6) is 0.675. The van der Waals surface area contributed by atoms with E-state index in [9.17, 15) is 17.6 Å². The number of amides is 1. The molecule has 10 heteroatoms. The first-order chi connectivity index (χ1) is 14.2. The highest BCUT2D eigenvalue weighted by Crippen LogP contribution is 2.24. The van der Waals surface area contributed by atoms with Gasteiger partial charge in [-0.2, -0.15) is 11.8 Å². The smallest absolute Gasteiger partial charge is 0.232 e. The lowest BCUT2D eigenvalue weighted by Crippen LogP contribution is -2.33. The fraction of sp³-hybridized carbons (Fsp3) is 0.350. The Hall–Kier alpha value is -1.48. The van der Waals surface area contributed by atoms with E-state index in [1.165, 1.54) is 18.2 Å². The highest BCUT2D eigenvalue weighted by Gasteiger charge is 2.20. The minimum atomic E-state index is -3.65. The molecule has 1 N–H and O–H groups in total. The summed E-state index contributed by atoms with van der Waals surface area (Å²) in [4.78, 5) is 12.0. The molecule has 2 rings (SSSR count). The minimum absolute atomic E-state index is 0.0147. The van der Waals surface area contributed by atoms with Crippen LogP contribution in [0.3, 0.4) is 0 Å². The van der Waals surface area contributed by atoms with Crippen molar-refractivity contribution in [1.29, 1.82) is 0 Å². The normalized spacial score (nSPS) is 11.3. The number of rotatable bonds is 11. The Morgan fingerprint density at radius 2 is 1.90 bits per heavy atom. The number of para-hydroxylation sites is 1. The van der Waals surface area contributed by atoms with Crippen LogP contribution in [0.2, 0.25) is 10.0 Å². The van der Waals surface area contributed by atoms with E-state index in [1.807, 2.05) is 12.1 Å². The number of carbonyl (C=O) groups excluding carboxylic acids is 1. The molecule has 2 aromatic rings. The van der Waals surface area contributed by atoms with Gasteiger partial charge in [-0.3, -0.25) is 9.10 Å². The van der Waals surface area contributed by atoms with Gasteiger partial charge in [-0.05, 0) is 36.2 Å². The predicted octanol–water partition coefficient (Wildman–Crippen LogP) is 4.73. The van der Waals surface area contributed by atoms with Gasteiger partial charge in [0, 0.05) is 31.0 Å². The van der Waals surface area contributed by atoms with Gasteiger partial charge in [0.1, 0.15) is 5.82 Å². The summed E-state index contributed by atoms with van der Waals surface area (Å²) in [6.07, 6.45) is 1.45. The van der Waals surface area contributed by atoms with Crippen LogP contribution in [0.4, 0.5) is 10.1 Å². The second-order valence-electron chi connectivity index (χ2n) is 6.54. The quantitative estimate of drug-likeness (QED) is 0.460. The van der Waals surface area contributed by atoms with Crippen molar-refractivity contribution < 1.29 is 17.6 Å². The van der Waals surface area contributed by atoms with Crippen LogP contribution in [0.25, 0.3) is 0 Å². The molecule has 164 valence electrons. The molecule has 0 atom stereocenters. The van der Waals surface area contributed by atoms with Crippen LogP contribution in [0.15, 0.2) is 42.5 Å². The van der Waals surface area contributed by atoms with Crippen molar-refractivity contribution in [2.75, 3.05) is 29.4 Å². The maximum Gasteiger partial charge on any atom is 0.232 e. The number of carbonyl (C=O) groups is 1. The number of hydrogen-bond acceptors (Lipinski definition) is 4. The average Bonchev–Trinajstić information content (AvgIpc) is 2.67. The lowest BCUT2D eigenvalue weighted by molar-refractivity contribution is -0.121. The molecule has 0 fully saturated rings. The van der Waals surface area contributed by atoms with Gasteiger partial charge in [-0.15, -0.1) is 0 Å². The standard InChI is InChI=1S/C20H23Cl2FN2O3S2/c1-30(27,28)25(19-6-3-2-5-18(19)23)11-4-7-20(26)24-10-12-29-14-15-8-9-16(21)17(22)13-15/h2-3,5-6,8-9,13H,4,7,10-12,14H2,1H3,(H,24,26). The monoisotopic (exact) mass is 492 g/mol. The van der Waals surface area contributed by atoms with Crippen LogP contribution in [0, 0.1) is 5.82 Å². The van der Waals surface area contributed by atoms with E-state index in [0.717, 1.165) is 27.6 Å². The van der Waals surface area contributed by atoms with E-state index in [2.05, 4.69) is 5.32 Å². The van der Waals surface area contributed by atoms with E-state index in [0.29, 0.717) is 16.6 Å². The molecule has 0 saturated carbocycles. The second-order valence-corrected chi connectivity index (χ2v) is 10.4. The van der Waals surface area contributed by atoms with Crippen LogP contribution in [0.5, 0.6) is 0 Å². The van der Waals surface area contributed by atoms with Gasteiger partial charge >= 0.3 is 0 Å². The maximum absolute atomic E-state index is 14.0. The number of sulfonamides is 1. The zero-order valence-corrected chi connectivity index (χ0v) is 19.6. The molecule has 0 aliphatic heterocycles. The van der Waals surface area contributed by atoms with Gasteiger partial charge < -0.3 is 5.32 Å². The zero-order chi connectivity index (χ0) is 22.1. The fourth-order valence-corrected chi connectivity index (χ4v) is 4.77. The Labute approximate surface area is 191 Å². The molecule has 0 bridgehead atoms. The summed E-state index contributed by atoms with van der Waals surface area (Å²) in [7, 11) is -3.65. The molecule has 5 nitrogen and oxygen atoms in total. The molecule has 0 radical (unpaired) electrons. The molecular formula is C20H23Cl2FN2O3S2. The lowest BCUT2D eigenvalue weighted by atomic mass is 10.2. The maximum atomic E-state index is 14.0. The van der Waals surface area contributed by atoms with Gasteiger partial charge in [0.15, 0.2) is 0 Å². The molecule has 30 heavy (non-hydrogen) atoms. The Kier molecular flexibility index (Phi) is 9.74. The van der Waals surface area contributed by atoms with Gasteiger partial charge in [0.05, 0.1) is 22.0 Å². The average molecular weight is 493 g/mol. The summed E-state index contributed by atoms with van der Waals surface area (Å²) < 4.78 is 38.9. The third kappa shape index (κ3) is 7.98. The fourth-order valence-electron chi connectivity index (χ4n) is 2.67. The van der Waals surface area contributed by atoms with E-state index < -0.39 is 15.8 Å². The van der Waals surface area contributed by atoms with Crippen molar-refractivity contribution in [3.63, 3.8) is 0 Å². The van der Waals surface area contributed by atoms with Crippen LogP contribution >= 0.6 is 35.0 Å². The minimum Gasteiger partial charge on any atom is -0.355 e. The van der Waals surface area contributed by atoms with E-state index in [1.54, 1.807) is 23.9 Å². The summed E-state index contributed by atoms with van der Waals surface area (Å²) in [5, 5.41) is 3.84. The van der Waals surface area contributed by atoms with Crippen molar-refractivity contribution in [1.82, 2.24) is 5.32 Å². The SMILES string of the molecule is CS(=O)(=O)N(CCCC(=O)NCCSCc1ccc(Cl)c(Cl)c1)c1ccccc1F. The Bertz CT molecular complexity index is 974. The first-order valence-electron chi connectivity index (χ1n) is 9.19. The number of halogens is 3. The van der Waals surface area contributed by atoms with Crippen molar-refractivity contribution in [3.05, 3.63) is 63.9 Å². The van der Waals surface area contributed by atoms with Crippen LogP contribution in [-0.2, 0) is 20.6 Å². The van der Waals surface area contributed by atoms with Gasteiger partial charge in [-0.25, -0.2) is 12.8 Å². The number of hydrogen-bond donors (Lipinski definition) is 1. The van der Waals surface area contributed by atoms with E-state index in [-0.39, 0.29) is 31.0 Å². The van der Waals surface area contributed by atoms with E-state index in [4.69, 9.17) is 23.2 Å². The third-order valence-electron chi connectivity index (χ3n) is 4.11. The van der Waals surface area contributed by atoms with Crippen molar-refractivity contribution in [2.45, 2.75) is 18.6 Å². The molecule has 0 aliphatic carbocycles. The molecule has 0 aliphatic rings. The topological polar surface area (TPSA) is 66.5 Å². The number of anilines is 1. The van der Waals surface area contributed by atoms with Crippen LogP contribution in [-0.4, -0.2) is 39.4 Å². The molecule has 0 heterocycles. The van der Waals surface area contributed by atoms with E-state index >= 15 is 0 Å². The number of nitrogens with zero attached hydrogens (tertiary/aromatic N) is 1. The Morgan fingerprint density at radius 1 is 1.17 bits per heavy atom. The molecule has 0 spiro atoms. The number of benzene rings is 2. The lowest BCUT2D eigenvalue weighted by Gasteiger charge is -2.22. The summed E-state index contributed by atoms with van der Waals surface area (Å²) in [6.45, 7) is 0.521. The predicted molar refractivity (Wildman–Crippen MR) is 123 cm³/mol. The first kappa shape index (κ1) is 24.8. The van der Waals surface area contributed by atoms with Gasteiger partial charge in [-0.1, -0.05) is 41.4 Å². The molecule has 2 aromatic carbocycles. The second kappa shape index (κ2) is 11.8. The number of thioether (sulfide) groups is 1. The summed E-state index contributed by atoms with van der Waals surface area (Å²) in [6, 6.07) is 11.1. The van der Waals surface area contributed by atoms with Crippen molar-refractivity contribution >= 4 is 56.6 Å².